The van der Waals surface area contributed by atoms with Crippen LogP contribution in [0.15, 0.2) is 6.20 Å². The Morgan fingerprint density at radius 2 is 2.25 bits per heavy atom. The van der Waals surface area contributed by atoms with Crippen molar-refractivity contribution in [2.24, 2.45) is 0 Å². The van der Waals surface area contributed by atoms with Crippen LogP contribution in [0.5, 0.6) is 0 Å². The number of hydrogen-bond acceptors (Lipinski definition) is 5. The van der Waals surface area contributed by atoms with Crippen molar-refractivity contribution in [2.45, 2.75) is 39.7 Å². The van der Waals surface area contributed by atoms with Gasteiger partial charge >= 0.3 is 5.97 Å². The smallest absolute Gasteiger partial charge is 0.350 e. The zero-order valence-electron chi connectivity index (χ0n) is 10.2. The summed E-state index contributed by atoms with van der Waals surface area (Å²) < 4.78 is 4.90. The SMILES string of the molecule is CCOC(=O)c1cnc(NC(C)(C)CC)s1. The summed E-state index contributed by atoms with van der Waals surface area (Å²) in [7, 11) is 0. The lowest BCUT2D eigenvalue weighted by molar-refractivity contribution is 0.0532. The van der Waals surface area contributed by atoms with Gasteiger partial charge in [0.25, 0.3) is 0 Å². The van der Waals surface area contributed by atoms with E-state index in [0.717, 1.165) is 11.6 Å². The number of thiazole rings is 1. The fraction of sp³-hybridized carbons (Fsp3) is 0.636. The van der Waals surface area contributed by atoms with Gasteiger partial charge in [0.15, 0.2) is 5.13 Å². The Labute approximate surface area is 100 Å². The van der Waals surface area contributed by atoms with Crippen molar-refractivity contribution < 1.29 is 9.53 Å². The molecule has 0 aliphatic rings. The molecular formula is C11H18N2O2S. The molecule has 0 spiro atoms. The monoisotopic (exact) mass is 242 g/mol. The first-order valence-electron chi connectivity index (χ1n) is 5.39. The van der Waals surface area contributed by atoms with E-state index in [-0.39, 0.29) is 11.5 Å². The highest BCUT2D eigenvalue weighted by atomic mass is 32.1. The summed E-state index contributed by atoms with van der Waals surface area (Å²) in [6.45, 7) is 8.47. The number of aromatic nitrogens is 1. The third-order valence-electron chi connectivity index (χ3n) is 2.31. The second-order valence-electron chi connectivity index (χ2n) is 4.11. The largest absolute Gasteiger partial charge is 0.462 e. The summed E-state index contributed by atoms with van der Waals surface area (Å²) in [6.07, 6.45) is 2.54. The van der Waals surface area contributed by atoms with Gasteiger partial charge in [-0.15, -0.1) is 0 Å². The number of anilines is 1. The maximum atomic E-state index is 11.4. The highest BCUT2D eigenvalue weighted by Gasteiger charge is 2.18. The molecule has 1 rings (SSSR count). The van der Waals surface area contributed by atoms with Crippen molar-refractivity contribution >= 4 is 22.4 Å². The fourth-order valence-corrected chi connectivity index (χ4v) is 1.90. The summed E-state index contributed by atoms with van der Waals surface area (Å²) in [5.74, 6) is -0.303. The molecule has 1 heterocycles. The van der Waals surface area contributed by atoms with E-state index in [9.17, 15) is 4.79 Å². The normalized spacial score (nSPS) is 11.2. The van der Waals surface area contributed by atoms with Crippen molar-refractivity contribution in [3.63, 3.8) is 0 Å². The lowest BCUT2D eigenvalue weighted by Gasteiger charge is -2.23. The maximum Gasteiger partial charge on any atom is 0.350 e. The first-order chi connectivity index (χ1) is 7.48. The van der Waals surface area contributed by atoms with E-state index in [4.69, 9.17) is 4.74 Å². The van der Waals surface area contributed by atoms with E-state index < -0.39 is 0 Å². The predicted molar refractivity (Wildman–Crippen MR) is 66.1 cm³/mol. The molecule has 90 valence electrons. The topological polar surface area (TPSA) is 51.2 Å². The highest BCUT2D eigenvalue weighted by Crippen LogP contribution is 2.23. The van der Waals surface area contributed by atoms with E-state index in [1.165, 1.54) is 11.3 Å². The van der Waals surface area contributed by atoms with Crippen molar-refractivity contribution in [3.8, 4) is 0 Å². The molecule has 1 aromatic rings. The van der Waals surface area contributed by atoms with Gasteiger partial charge in [-0.3, -0.25) is 0 Å². The predicted octanol–water partition coefficient (Wildman–Crippen LogP) is 2.92. The standard InChI is InChI=1S/C11H18N2O2S/c1-5-11(3,4)13-10-12-7-8(16-10)9(14)15-6-2/h7H,5-6H2,1-4H3,(H,12,13). The maximum absolute atomic E-state index is 11.4. The van der Waals surface area contributed by atoms with Crippen LogP contribution in [0.3, 0.4) is 0 Å². The molecule has 1 aromatic heterocycles. The number of nitrogens with one attached hydrogen (secondary N) is 1. The van der Waals surface area contributed by atoms with Gasteiger partial charge in [0.2, 0.25) is 0 Å². The summed E-state index contributed by atoms with van der Waals surface area (Å²) in [5.41, 5.74) is -0.0101. The molecule has 4 nitrogen and oxygen atoms in total. The van der Waals surface area contributed by atoms with Crippen LogP contribution in [0.25, 0.3) is 0 Å². The van der Waals surface area contributed by atoms with Crippen molar-refractivity contribution in [1.82, 2.24) is 4.98 Å². The number of ether oxygens (including phenoxy) is 1. The average Bonchev–Trinajstić information content (AvgIpc) is 2.66. The third-order valence-corrected chi connectivity index (χ3v) is 3.20. The van der Waals surface area contributed by atoms with Gasteiger partial charge < -0.3 is 10.1 Å². The molecule has 0 radical (unpaired) electrons. The highest BCUT2D eigenvalue weighted by molar-refractivity contribution is 7.17. The van der Waals surface area contributed by atoms with Crippen molar-refractivity contribution in [1.29, 1.82) is 0 Å². The second kappa shape index (κ2) is 5.30. The second-order valence-corrected chi connectivity index (χ2v) is 5.14. The molecule has 0 saturated heterocycles. The van der Waals surface area contributed by atoms with Gasteiger partial charge in [-0.1, -0.05) is 18.3 Å². The Morgan fingerprint density at radius 3 is 2.81 bits per heavy atom. The minimum absolute atomic E-state index is 0.0101. The molecule has 1 N–H and O–H groups in total. The quantitative estimate of drug-likeness (QED) is 0.807. The number of rotatable bonds is 5. The number of esters is 1. The van der Waals surface area contributed by atoms with Crippen LogP contribution in [0, 0.1) is 0 Å². The molecular weight excluding hydrogens is 224 g/mol. The third kappa shape index (κ3) is 3.48. The molecule has 0 aliphatic carbocycles. The van der Waals surface area contributed by atoms with Gasteiger partial charge in [0, 0.05) is 5.54 Å². The lowest BCUT2D eigenvalue weighted by atomic mass is 10.0. The number of hydrogen-bond donors (Lipinski definition) is 1. The molecule has 0 unspecified atom stereocenters. The molecule has 0 aromatic carbocycles. The van der Waals surface area contributed by atoms with Crippen LogP contribution in [0.2, 0.25) is 0 Å². The summed E-state index contributed by atoms with van der Waals surface area (Å²) in [4.78, 5) is 16.1. The van der Waals surface area contributed by atoms with Crippen LogP contribution in [0.4, 0.5) is 5.13 Å². The van der Waals surface area contributed by atoms with E-state index >= 15 is 0 Å². The van der Waals surface area contributed by atoms with Gasteiger partial charge in [-0.05, 0) is 27.2 Å². The molecule has 0 amide bonds. The molecule has 5 heteroatoms. The number of carbonyl (C=O) groups is 1. The Balaban J connectivity index is 2.68. The Hall–Kier alpha value is -1.10. The van der Waals surface area contributed by atoms with Crippen LogP contribution in [0.1, 0.15) is 43.8 Å². The molecule has 0 aliphatic heterocycles. The van der Waals surface area contributed by atoms with E-state index in [0.29, 0.717) is 11.5 Å². The summed E-state index contributed by atoms with van der Waals surface area (Å²) >= 11 is 1.33. The van der Waals surface area contributed by atoms with E-state index in [1.54, 1.807) is 13.1 Å². The summed E-state index contributed by atoms with van der Waals surface area (Å²) in [5, 5.41) is 4.04. The Bertz CT molecular complexity index is 361. The number of nitrogens with zero attached hydrogens (tertiary/aromatic N) is 1. The molecule has 0 saturated carbocycles. The van der Waals surface area contributed by atoms with Gasteiger partial charge in [-0.25, -0.2) is 9.78 Å². The molecule has 16 heavy (non-hydrogen) atoms. The molecule has 0 bridgehead atoms. The van der Waals surface area contributed by atoms with Crippen LogP contribution in [-0.4, -0.2) is 23.1 Å². The van der Waals surface area contributed by atoms with Gasteiger partial charge in [0.1, 0.15) is 4.88 Å². The molecule has 0 atom stereocenters. The number of carbonyl (C=O) groups excluding carboxylic acids is 1. The average molecular weight is 242 g/mol. The molecule has 0 fully saturated rings. The van der Waals surface area contributed by atoms with E-state index in [1.807, 2.05) is 0 Å². The van der Waals surface area contributed by atoms with Crippen molar-refractivity contribution in [2.75, 3.05) is 11.9 Å². The van der Waals surface area contributed by atoms with E-state index in [2.05, 4.69) is 31.1 Å². The van der Waals surface area contributed by atoms with Crippen LogP contribution < -0.4 is 5.32 Å². The Morgan fingerprint density at radius 1 is 1.56 bits per heavy atom. The minimum Gasteiger partial charge on any atom is -0.462 e. The van der Waals surface area contributed by atoms with Gasteiger partial charge in [-0.2, -0.15) is 0 Å². The van der Waals surface area contributed by atoms with Crippen LogP contribution >= 0.6 is 11.3 Å². The lowest BCUT2D eigenvalue weighted by Crippen LogP contribution is -2.29. The zero-order valence-corrected chi connectivity index (χ0v) is 11.0. The fourth-order valence-electron chi connectivity index (χ4n) is 1.01. The van der Waals surface area contributed by atoms with Gasteiger partial charge in [0.05, 0.1) is 12.8 Å². The Kier molecular flexibility index (Phi) is 4.29. The first-order valence-corrected chi connectivity index (χ1v) is 6.21. The minimum atomic E-state index is -0.303. The summed E-state index contributed by atoms with van der Waals surface area (Å²) in [6, 6.07) is 0. The zero-order chi connectivity index (χ0) is 12.2. The first kappa shape index (κ1) is 13.0. The van der Waals surface area contributed by atoms with Crippen LogP contribution in [-0.2, 0) is 4.74 Å². The van der Waals surface area contributed by atoms with Crippen molar-refractivity contribution in [3.05, 3.63) is 11.1 Å².